The van der Waals surface area contributed by atoms with Crippen LogP contribution in [0.5, 0.6) is 11.5 Å². The Morgan fingerprint density at radius 1 is 1.07 bits per heavy atom. The standard InChI is InChI=1S/C31H40N2O7S/c1-20-15-21-9-7-12-31(2,3)25(21)17-22(20)16-24-10-11-26(40-24)30(34)33-29-27(37-4)18-23(19-28(29)38-5)32-13-8-14-39-41(6,35)36/h10-11,15,17-19,32H,7-9,12-14,16H2,1-6H3,(H,33,34). The number of benzene rings is 2. The van der Waals surface area contributed by atoms with Gasteiger partial charge < -0.3 is 24.5 Å². The van der Waals surface area contributed by atoms with E-state index < -0.39 is 16.0 Å². The quantitative estimate of drug-likeness (QED) is 0.202. The van der Waals surface area contributed by atoms with Crippen LogP contribution < -0.4 is 20.1 Å². The molecular weight excluding hydrogens is 544 g/mol. The molecule has 0 radical (unpaired) electrons. The fraction of sp³-hybridized carbons (Fsp3) is 0.452. The molecule has 4 rings (SSSR count). The first-order valence-electron chi connectivity index (χ1n) is 13.8. The Bertz CT molecular complexity index is 1480. The highest BCUT2D eigenvalue weighted by atomic mass is 32.2. The van der Waals surface area contributed by atoms with Crippen molar-refractivity contribution in [1.29, 1.82) is 0 Å². The summed E-state index contributed by atoms with van der Waals surface area (Å²) in [5.74, 6) is 1.27. The summed E-state index contributed by atoms with van der Waals surface area (Å²) in [6.07, 6.45) is 5.61. The van der Waals surface area contributed by atoms with Gasteiger partial charge in [-0.25, -0.2) is 0 Å². The molecule has 41 heavy (non-hydrogen) atoms. The Labute approximate surface area is 242 Å². The Morgan fingerprint density at radius 2 is 1.78 bits per heavy atom. The van der Waals surface area contributed by atoms with E-state index in [0.29, 0.717) is 48.0 Å². The molecule has 0 saturated heterocycles. The number of amides is 1. The third kappa shape index (κ3) is 7.62. The van der Waals surface area contributed by atoms with Crippen molar-refractivity contribution in [1.82, 2.24) is 0 Å². The zero-order valence-corrected chi connectivity index (χ0v) is 25.5. The van der Waals surface area contributed by atoms with Crippen LogP contribution in [-0.4, -0.2) is 48.0 Å². The maximum absolute atomic E-state index is 13.2. The van der Waals surface area contributed by atoms with E-state index in [-0.39, 0.29) is 17.8 Å². The molecule has 0 fully saturated rings. The molecule has 1 aliphatic carbocycles. The molecule has 1 aliphatic rings. The summed E-state index contributed by atoms with van der Waals surface area (Å²) in [4.78, 5) is 13.2. The van der Waals surface area contributed by atoms with Crippen molar-refractivity contribution in [3.63, 3.8) is 0 Å². The average Bonchev–Trinajstić information content (AvgIpc) is 3.37. The second-order valence-electron chi connectivity index (χ2n) is 11.1. The molecule has 0 saturated carbocycles. The van der Waals surface area contributed by atoms with E-state index in [1.807, 2.05) is 6.07 Å². The second kappa shape index (κ2) is 12.6. The van der Waals surface area contributed by atoms with Crippen LogP contribution in [0.3, 0.4) is 0 Å². The van der Waals surface area contributed by atoms with Crippen molar-refractivity contribution in [2.24, 2.45) is 0 Å². The predicted molar refractivity (Wildman–Crippen MR) is 160 cm³/mol. The number of fused-ring (bicyclic) bond motifs is 1. The normalized spacial score (nSPS) is 14.3. The maximum atomic E-state index is 13.2. The summed E-state index contributed by atoms with van der Waals surface area (Å²) in [5, 5.41) is 6.04. The van der Waals surface area contributed by atoms with Crippen molar-refractivity contribution in [3.05, 3.63) is 70.2 Å². The minimum atomic E-state index is -3.47. The SMILES string of the molecule is COc1cc(NCCCOS(C)(=O)=O)cc(OC)c1NC(=O)c1ccc(Cc2cc3c(cc2C)CCCC3(C)C)o1. The molecule has 0 spiro atoms. The Kier molecular flexibility index (Phi) is 9.34. The van der Waals surface area contributed by atoms with Gasteiger partial charge in [-0.05, 0) is 72.4 Å². The summed E-state index contributed by atoms with van der Waals surface area (Å²) in [5.41, 5.74) is 6.49. The van der Waals surface area contributed by atoms with Crippen LogP contribution >= 0.6 is 0 Å². The van der Waals surface area contributed by atoms with Gasteiger partial charge in [0, 0.05) is 30.8 Å². The number of hydrogen-bond donors (Lipinski definition) is 2. The van der Waals surface area contributed by atoms with Crippen LogP contribution in [0.25, 0.3) is 0 Å². The van der Waals surface area contributed by atoms with E-state index in [4.69, 9.17) is 18.1 Å². The molecule has 0 unspecified atom stereocenters. The first kappa shape index (κ1) is 30.5. The van der Waals surface area contributed by atoms with E-state index in [2.05, 4.69) is 43.5 Å². The first-order valence-corrected chi connectivity index (χ1v) is 15.6. The third-order valence-corrected chi connectivity index (χ3v) is 8.08. The van der Waals surface area contributed by atoms with Gasteiger partial charge >= 0.3 is 0 Å². The zero-order chi connectivity index (χ0) is 29.8. The van der Waals surface area contributed by atoms with E-state index >= 15 is 0 Å². The minimum absolute atomic E-state index is 0.0728. The maximum Gasteiger partial charge on any atom is 0.291 e. The van der Waals surface area contributed by atoms with Crippen LogP contribution in [0.1, 0.15) is 71.7 Å². The second-order valence-corrected chi connectivity index (χ2v) is 12.8. The van der Waals surface area contributed by atoms with Gasteiger partial charge in [-0.1, -0.05) is 26.0 Å². The number of ether oxygens (including phenoxy) is 2. The topological polar surface area (TPSA) is 116 Å². The number of methoxy groups -OCH3 is 2. The van der Waals surface area contributed by atoms with Gasteiger partial charge in [0.2, 0.25) is 0 Å². The molecule has 2 aromatic carbocycles. The molecule has 1 aromatic heterocycles. The monoisotopic (exact) mass is 584 g/mol. The predicted octanol–water partition coefficient (Wildman–Crippen LogP) is 5.84. The molecule has 222 valence electrons. The van der Waals surface area contributed by atoms with Crippen molar-refractivity contribution < 1.29 is 31.3 Å². The number of hydrogen-bond acceptors (Lipinski definition) is 8. The summed E-state index contributed by atoms with van der Waals surface area (Å²) in [6, 6.07) is 11.6. The molecule has 1 amide bonds. The summed E-state index contributed by atoms with van der Waals surface area (Å²) in [6.45, 7) is 7.28. The molecule has 0 atom stereocenters. The number of carbonyl (C=O) groups excluding carboxylic acids is 1. The van der Waals surface area contributed by atoms with Gasteiger partial charge in [0.1, 0.15) is 22.9 Å². The van der Waals surface area contributed by atoms with Gasteiger partial charge in [0.15, 0.2) is 5.76 Å². The van der Waals surface area contributed by atoms with Crippen molar-refractivity contribution >= 4 is 27.4 Å². The van der Waals surface area contributed by atoms with Crippen molar-refractivity contribution in [3.8, 4) is 11.5 Å². The van der Waals surface area contributed by atoms with Crippen molar-refractivity contribution in [2.45, 2.75) is 58.3 Å². The lowest BCUT2D eigenvalue weighted by Gasteiger charge is -2.33. The zero-order valence-electron chi connectivity index (χ0n) is 24.7. The van der Waals surface area contributed by atoms with Gasteiger partial charge in [-0.2, -0.15) is 8.42 Å². The van der Waals surface area contributed by atoms with E-state index in [9.17, 15) is 13.2 Å². The lowest BCUT2D eigenvalue weighted by molar-refractivity contribution is 0.0994. The highest BCUT2D eigenvalue weighted by Crippen LogP contribution is 2.40. The smallest absolute Gasteiger partial charge is 0.291 e. The number of furan rings is 1. The van der Waals surface area contributed by atoms with Gasteiger partial charge in [0.05, 0.1) is 27.1 Å². The van der Waals surface area contributed by atoms with E-state index in [1.165, 1.54) is 49.3 Å². The van der Waals surface area contributed by atoms with Gasteiger partial charge in [-0.15, -0.1) is 0 Å². The fourth-order valence-electron chi connectivity index (χ4n) is 5.31. The van der Waals surface area contributed by atoms with Crippen LogP contribution in [0.15, 0.2) is 40.8 Å². The molecule has 0 aliphatic heterocycles. The number of carbonyl (C=O) groups is 1. The molecule has 2 N–H and O–H groups in total. The fourth-order valence-corrected chi connectivity index (χ4v) is 5.73. The van der Waals surface area contributed by atoms with Crippen molar-refractivity contribution in [2.75, 3.05) is 44.3 Å². The van der Waals surface area contributed by atoms with Crippen LogP contribution in [-0.2, 0) is 32.6 Å². The Balaban J connectivity index is 1.45. The van der Waals surface area contributed by atoms with Crippen LogP contribution in [0.2, 0.25) is 0 Å². The highest BCUT2D eigenvalue weighted by Gasteiger charge is 2.28. The first-order chi connectivity index (χ1) is 19.4. The Hall–Kier alpha value is -3.50. The lowest BCUT2D eigenvalue weighted by atomic mass is 9.71. The number of anilines is 2. The molecule has 3 aromatic rings. The van der Waals surface area contributed by atoms with Gasteiger partial charge in [0.25, 0.3) is 16.0 Å². The lowest BCUT2D eigenvalue weighted by Crippen LogP contribution is -2.24. The highest BCUT2D eigenvalue weighted by molar-refractivity contribution is 7.85. The molecular formula is C31H40N2O7S. The van der Waals surface area contributed by atoms with Gasteiger partial charge in [-0.3, -0.25) is 8.98 Å². The Morgan fingerprint density at radius 3 is 2.44 bits per heavy atom. The minimum Gasteiger partial charge on any atom is -0.494 e. The average molecular weight is 585 g/mol. The molecule has 9 nitrogen and oxygen atoms in total. The molecule has 1 heterocycles. The van der Waals surface area contributed by atoms with Crippen LogP contribution in [0.4, 0.5) is 11.4 Å². The largest absolute Gasteiger partial charge is 0.494 e. The van der Waals surface area contributed by atoms with E-state index in [0.717, 1.165) is 12.7 Å². The summed E-state index contributed by atoms with van der Waals surface area (Å²) < 4.78 is 44.0. The van der Waals surface area contributed by atoms with E-state index in [1.54, 1.807) is 18.2 Å². The number of rotatable bonds is 12. The summed E-state index contributed by atoms with van der Waals surface area (Å²) >= 11 is 0. The summed E-state index contributed by atoms with van der Waals surface area (Å²) in [7, 11) is -0.468. The van der Waals surface area contributed by atoms with Crippen LogP contribution in [0, 0.1) is 6.92 Å². The molecule has 10 heteroatoms. The molecule has 0 bridgehead atoms. The number of aryl methyl sites for hydroxylation is 2. The third-order valence-electron chi connectivity index (χ3n) is 7.48. The number of nitrogens with one attached hydrogen (secondary N) is 2.